The third-order valence-corrected chi connectivity index (χ3v) is 2.95. The zero-order chi connectivity index (χ0) is 17.0. The van der Waals surface area contributed by atoms with Crippen molar-refractivity contribution in [3.8, 4) is 0 Å². The lowest BCUT2D eigenvalue weighted by molar-refractivity contribution is -0.137. The quantitative estimate of drug-likeness (QED) is 0.826. The molecule has 4 nitrogen and oxygen atoms in total. The summed E-state index contributed by atoms with van der Waals surface area (Å²) in [6.45, 7) is 6.55. The van der Waals surface area contributed by atoms with Gasteiger partial charge in [0.15, 0.2) is 0 Å². The van der Waals surface area contributed by atoms with Crippen LogP contribution < -0.4 is 11.1 Å². The van der Waals surface area contributed by atoms with Gasteiger partial charge in [0.1, 0.15) is 0 Å². The molecule has 1 aromatic carbocycles. The van der Waals surface area contributed by atoms with Crippen LogP contribution in [0, 0.1) is 0 Å². The Balaban J connectivity index is 0.00000484. The second-order valence-electron chi connectivity index (χ2n) is 5.88. The molecule has 8 heteroatoms. The van der Waals surface area contributed by atoms with Crippen molar-refractivity contribution in [3.63, 3.8) is 0 Å². The van der Waals surface area contributed by atoms with Gasteiger partial charge < -0.3 is 11.1 Å². The molecule has 0 spiro atoms. The maximum Gasteiger partial charge on any atom is 0.418 e. The van der Waals surface area contributed by atoms with Gasteiger partial charge in [-0.15, -0.1) is 12.4 Å². The first kappa shape index (κ1) is 21.7. The highest BCUT2D eigenvalue weighted by Crippen LogP contribution is 2.34. The number of anilines is 1. The van der Waals surface area contributed by atoms with Crippen molar-refractivity contribution in [2.24, 2.45) is 5.73 Å². The predicted molar refractivity (Wildman–Crippen MR) is 87.7 cm³/mol. The van der Waals surface area contributed by atoms with Crippen LogP contribution in [0.2, 0.25) is 0 Å². The molecule has 0 heterocycles. The molecule has 0 unspecified atom stereocenters. The molecule has 3 N–H and O–H groups in total. The smallest absolute Gasteiger partial charge is 0.324 e. The highest BCUT2D eigenvalue weighted by atomic mass is 35.5. The van der Waals surface area contributed by atoms with Gasteiger partial charge in [-0.3, -0.25) is 9.69 Å². The van der Waals surface area contributed by atoms with Crippen LogP contribution in [0.15, 0.2) is 24.3 Å². The fourth-order valence-electron chi connectivity index (χ4n) is 2.09. The number of rotatable bonds is 6. The van der Waals surface area contributed by atoms with Crippen LogP contribution in [0.3, 0.4) is 0 Å². The lowest BCUT2D eigenvalue weighted by atomic mass is 10.1. The van der Waals surface area contributed by atoms with Gasteiger partial charge in [-0.05, 0) is 32.5 Å². The van der Waals surface area contributed by atoms with Crippen LogP contribution in [0.25, 0.3) is 0 Å². The molecule has 0 bridgehead atoms. The van der Waals surface area contributed by atoms with Crippen molar-refractivity contribution in [2.75, 3.05) is 25.0 Å². The molecule has 0 aliphatic heterocycles. The summed E-state index contributed by atoms with van der Waals surface area (Å²) in [5.74, 6) is -0.497. The summed E-state index contributed by atoms with van der Waals surface area (Å²) in [6.07, 6.45) is -4.51. The third kappa shape index (κ3) is 7.67. The van der Waals surface area contributed by atoms with Crippen molar-refractivity contribution in [2.45, 2.75) is 32.5 Å². The summed E-state index contributed by atoms with van der Waals surface area (Å²) in [5, 5.41) is 2.33. The van der Waals surface area contributed by atoms with Gasteiger partial charge in [0, 0.05) is 12.1 Å². The number of nitrogens with zero attached hydrogens (tertiary/aromatic N) is 1. The molecular weight excluding hydrogens is 331 g/mol. The van der Waals surface area contributed by atoms with E-state index in [0.717, 1.165) is 6.07 Å². The van der Waals surface area contributed by atoms with Gasteiger partial charge in [0.25, 0.3) is 0 Å². The molecule has 132 valence electrons. The van der Waals surface area contributed by atoms with Gasteiger partial charge in [0.05, 0.1) is 17.8 Å². The van der Waals surface area contributed by atoms with Crippen molar-refractivity contribution in [1.29, 1.82) is 0 Å². The van der Waals surface area contributed by atoms with Crippen LogP contribution in [-0.4, -0.2) is 36.0 Å². The number of hydrogen-bond donors (Lipinski definition) is 2. The Morgan fingerprint density at radius 3 is 2.30 bits per heavy atom. The SMILES string of the molecule is CCN(CC(=O)Nc1ccccc1C(F)(F)F)CC(C)(C)N.Cl. The summed E-state index contributed by atoms with van der Waals surface area (Å²) in [6, 6.07) is 4.92. The topological polar surface area (TPSA) is 58.4 Å². The number of alkyl halides is 3. The molecule has 0 aromatic heterocycles. The van der Waals surface area contributed by atoms with E-state index in [2.05, 4.69) is 5.32 Å². The number of likely N-dealkylation sites (N-methyl/N-ethyl adjacent to an activating group) is 1. The average molecular weight is 354 g/mol. The van der Waals surface area contributed by atoms with Crippen LogP contribution >= 0.6 is 12.4 Å². The zero-order valence-electron chi connectivity index (χ0n) is 13.4. The van der Waals surface area contributed by atoms with Crippen LogP contribution in [0.5, 0.6) is 0 Å². The number of nitrogens with two attached hydrogens (primary N) is 1. The molecule has 0 aliphatic carbocycles. The number of benzene rings is 1. The molecule has 0 fully saturated rings. The highest BCUT2D eigenvalue weighted by Gasteiger charge is 2.33. The second-order valence-corrected chi connectivity index (χ2v) is 5.88. The number of amides is 1. The first-order valence-corrected chi connectivity index (χ1v) is 7.00. The van der Waals surface area contributed by atoms with E-state index in [1.807, 2.05) is 20.8 Å². The number of carbonyl (C=O) groups is 1. The van der Waals surface area contributed by atoms with E-state index in [1.54, 1.807) is 4.90 Å². The van der Waals surface area contributed by atoms with E-state index < -0.39 is 23.2 Å². The fraction of sp³-hybridized carbons (Fsp3) is 0.533. The number of carbonyl (C=O) groups excluding carboxylic acids is 1. The Hall–Kier alpha value is -1.31. The van der Waals surface area contributed by atoms with Gasteiger partial charge in [-0.2, -0.15) is 13.2 Å². The first-order valence-electron chi connectivity index (χ1n) is 7.00. The monoisotopic (exact) mass is 353 g/mol. The number of nitrogens with one attached hydrogen (secondary N) is 1. The molecule has 23 heavy (non-hydrogen) atoms. The molecule has 1 aromatic rings. The highest BCUT2D eigenvalue weighted by molar-refractivity contribution is 5.93. The fourth-order valence-corrected chi connectivity index (χ4v) is 2.09. The number of halogens is 4. The summed E-state index contributed by atoms with van der Waals surface area (Å²) in [4.78, 5) is 13.8. The number of para-hydroxylation sites is 1. The van der Waals surface area contributed by atoms with Crippen LogP contribution in [0.1, 0.15) is 26.3 Å². The van der Waals surface area contributed by atoms with E-state index in [9.17, 15) is 18.0 Å². The van der Waals surface area contributed by atoms with E-state index in [-0.39, 0.29) is 24.6 Å². The standard InChI is InChI=1S/C15H22F3N3O.ClH/c1-4-21(10-14(2,3)19)9-13(22)20-12-8-6-5-7-11(12)15(16,17)18;/h5-8H,4,9-10,19H2,1-3H3,(H,20,22);1H. The van der Waals surface area contributed by atoms with E-state index >= 15 is 0 Å². The molecule has 1 rings (SSSR count). The van der Waals surface area contributed by atoms with Crippen molar-refractivity contribution < 1.29 is 18.0 Å². The number of hydrogen-bond acceptors (Lipinski definition) is 3. The predicted octanol–water partition coefficient (Wildman–Crippen LogP) is 3.12. The molecule has 0 saturated carbocycles. The molecular formula is C15H23ClF3N3O. The largest absolute Gasteiger partial charge is 0.418 e. The van der Waals surface area contributed by atoms with Crippen LogP contribution in [-0.2, 0) is 11.0 Å². The van der Waals surface area contributed by atoms with E-state index in [0.29, 0.717) is 13.1 Å². The Bertz CT molecular complexity index is 515. The Labute approximate surface area is 140 Å². The minimum atomic E-state index is -4.51. The van der Waals surface area contributed by atoms with Gasteiger partial charge in [-0.1, -0.05) is 19.1 Å². The molecule has 0 atom stereocenters. The molecule has 0 aliphatic rings. The average Bonchev–Trinajstić information content (AvgIpc) is 2.35. The minimum absolute atomic E-state index is 0. The summed E-state index contributed by atoms with van der Waals surface area (Å²) < 4.78 is 38.6. The molecule has 0 saturated heterocycles. The first-order chi connectivity index (χ1) is 10.0. The summed E-state index contributed by atoms with van der Waals surface area (Å²) >= 11 is 0. The van der Waals surface area contributed by atoms with Gasteiger partial charge >= 0.3 is 6.18 Å². The van der Waals surface area contributed by atoms with Crippen molar-refractivity contribution >= 4 is 24.0 Å². The van der Waals surface area contributed by atoms with E-state index in [4.69, 9.17) is 5.73 Å². The maximum absolute atomic E-state index is 12.9. The van der Waals surface area contributed by atoms with Gasteiger partial charge in [0.2, 0.25) is 5.91 Å². The summed E-state index contributed by atoms with van der Waals surface area (Å²) in [5.41, 5.74) is 4.32. The van der Waals surface area contributed by atoms with E-state index in [1.165, 1.54) is 18.2 Å². The van der Waals surface area contributed by atoms with Gasteiger partial charge in [-0.25, -0.2) is 0 Å². The zero-order valence-corrected chi connectivity index (χ0v) is 14.2. The third-order valence-electron chi connectivity index (χ3n) is 2.95. The Kier molecular flexibility index (Phi) is 8.03. The lowest BCUT2D eigenvalue weighted by Crippen LogP contribution is -2.47. The minimum Gasteiger partial charge on any atom is -0.324 e. The summed E-state index contributed by atoms with van der Waals surface area (Å²) in [7, 11) is 0. The second kappa shape index (κ2) is 8.52. The molecule has 0 radical (unpaired) electrons. The normalized spacial score (nSPS) is 12.0. The maximum atomic E-state index is 12.9. The van der Waals surface area contributed by atoms with Crippen molar-refractivity contribution in [3.05, 3.63) is 29.8 Å². The van der Waals surface area contributed by atoms with Crippen LogP contribution in [0.4, 0.5) is 18.9 Å². The Morgan fingerprint density at radius 2 is 1.83 bits per heavy atom. The lowest BCUT2D eigenvalue weighted by Gasteiger charge is -2.28. The molecule has 1 amide bonds. The van der Waals surface area contributed by atoms with Crippen molar-refractivity contribution in [1.82, 2.24) is 4.90 Å². The Morgan fingerprint density at radius 1 is 1.26 bits per heavy atom.